The normalized spacial score (nSPS) is 12.0. The molecule has 0 saturated carbocycles. The number of hydrogen-bond acceptors (Lipinski definition) is 4. The Hall–Kier alpha value is -0.950. The average molecular weight is 314 g/mol. The number of likely N-dealkylation sites (N-methyl/N-ethyl adjacent to an activating group) is 1. The van der Waals surface area contributed by atoms with Crippen molar-refractivity contribution in [3.63, 3.8) is 0 Å². The Morgan fingerprint density at radius 3 is 2.52 bits per heavy atom. The van der Waals surface area contributed by atoms with E-state index in [1.54, 1.807) is 18.2 Å². The van der Waals surface area contributed by atoms with Crippen molar-refractivity contribution < 1.29 is 13.2 Å². The molecule has 0 aliphatic heterocycles. The van der Waals surface area contributed by atoms with Crippen LogP contribution in [0.5, 0.6) is 0 Å². The molecule has 1 N–H and O–H groups in total. The molecule has 120 valence electrons. The van der Waals surface area contributed by atoms with E-state index >= 15 is 0 Å². The van der Waals surface area contributed by atoms with Crippen LogP contribution in [-0.2, 0) is 14.8 Å². The standard InChI is InChI=1S/C15H26N2O3S/c1-4-17(5-2)10-12-20-11-9-16-21(18,19)15-8-6-7-14(3)13-15/h6-8,13,16H,4-5,9-12H2,1-3H3. The summed E-state index contributed by atoms with van der Waals surface area (Å²) in [6.45, 7) is 10.3. The summed E-state index contributed by atoms with van der Waals surface area (Å²) in [7, 11) is -3.44. The molecule has 0 saturated heterocycles. The quantitative estimate of drug-likeness (QED) is 0.667. The maximum absolute atomic E-state index is 12.0. The van der Waals surface area contributed by atoms with Gasteiger partial charge < -0.3 is 9.64 Å². The zero-order valence-corrected chi connectivity index (χ0v) is 13.9. The molecule has 21 heavy (non-hydrogen) atoms. The lowest BCUT2D eigenvalue weighted by atomic mass is 10.2. The molecule has 0 bridgehead atoms. The van der Waals surface area contributed by atoms with Crippen molar-refractivity contribution in [1.29, 1.82) is 0 Å². The molecule has 0 atom stereocenters. The Morgan fingerprint density at radius 1 is 1.19 bits per heavy atom. The second kappa shape index (κ2) is 9.15. The van der Waals surface area contributed by atoms with Gasteiger partial charge in [0.25, 0.3) is 0 Å². The van der Waals surface area contributed by atoms with Crippen molar-refractivity contribution in [1.82, 2.24) is 9.62 Å². The second-order valence-corrected chi connectivity index (χ2v) is 6.62. The van der Waals surface area contributed by atoms with Gasteiger partial charge in [-0.05, 0) is 37.7 Å². The van der Waals surface area contributed by atoms with Gasteiger partial charge in [0, 0.05) is 13.1 Å². The van der Waals surface area contributed by atoms with E-state index in [1.165, 1.54) is 0 Å². The van der Waals surface area contributed by atoms with Gasteiger partial charge in [0.1, 0.15) is 0 Å². The van der Waals surface area contributed by atoms with Crippen LogP contribution >= 0.6 is 0 Å². The average Bonchev–Trinajstić information content (AvgIpc) is 2.46. The van der Waals surface area contributed by atoms with Crippen molar-refractivity contribution in [3.05, 3.63) is 29.8 Å². The van der Waals surface area contributed by atoms with Crippen LogP contribution in [0.3, 0.4) is 0 Å². The molecule has 0 fully saturated rings. The lowest BCUT2D eigenvalue weighted by molar-refractivity contribution is 0.111. The Kier molecular flexibility index (Phi) is 7.88. The first-order valence-corrected chi connectivity index (χ1v) is 8.84. The zero-order chi connectivity index (χ0) is 15.7. The molecule has 0 unspecified atom stereocenters. The fraction of sp³-hybridized carbons (Fsp3) is 0.600. The van der Waals surface area contributed by atoms with Gasteiger partial charge in [-0.2, -0.15) is 0 Å². The van der Waals surface area contributed by atoms with E-state index in [1.807, 2.05) is 13.0 Å². The molecule has 0 radical (unpaired) electrons. The molecule has 0 aliphatic rings. The Labute approximate surface area is 128 Å². The summed E-state index contributed by atoms with van der Waals surface area (Å²) in [6, 6.07) is 6.86. The number of rotatable bonds is 10. The number of sulfonamides is 1. The van der Waals surface area contributed by atoms with Crippen molar-refractivity contribution in [3.8, 4) is 0 Å². The van der Waals surface area contributed by atoms with Gasteiger partial charge in [0.05, 0.1) is 18.1 Å². The number of nitrogens with zero attached hydrogens (tertiary/aromatic N) is 1. The van der Waals surface area contributed by atoms with Crippen molar-refractivity contribution >= 4 is 10.0 Å². The lowest BCUT2D eigenvalue weighted by Crippen LogP contribution is -2.30. The van der Waals surface area contributed by atoms with Gasteiger partial charge in [-0.25, -0.2) is 13.1 Å². The topological polar surface area (TPSA) is 58.6 Å². The first kappa shape index (κ1) is 18.1. The fourth-order valence-electron chi connectivity index (χ4n) is 1.95. The number of hydrogen-bond donors (Lipinski definition) is 1. The van der Waals surface area contributed by atoms with Crippen LogP contribution in [0.25, 0.3) is 0 Å². The molecule has 0 heterocycles. The van der Waals surface area contributed by atoms with E-state index in [4.69, 9.17) is 4.74 Å². The van der Waals surface area contributed by atoms with Crippen LogP contribution in [0.2, 0.25) is 0 Å². The summed E-state index contributed by atoms with van der Waals surface area (Å²) in [4.78, 5) is 2.56. The predicted octanol–water partition coefficient (Wildman–Crippen LogP) is 1.63. The maximum Gasteiger partial charge on any atom is 0.240 e. The highest BCUT2D eigenvalue weighted by molar-refractivity contribution is 7.89. The molecule has 1 rings (SSSR count). The molecule has 6 heteroatoms. The van der Waals surface area contributed by atoms with Crippen LogP contribution in [0.1, 0.15) is 19.4 Å². The summed E-state index contributed by atoms with van der Waals surface area (Å²) in [5.74, 6) is 0. The molecule has 0 spiro atoms. The first-order valence-electron chi connectivity index (χ1n) is 7.36. The number of benzene rings is 1. The van der Waals surface area contributed by atoms with Crippen LogP contribution in [0, 0.1) is 6.92 Å². The van der Waals surface area contributed by atoms with Crippen molar-refractivity contribution in [2.75, 3.05) is 39.4 Å². The number of ether oxygens (including phenoxy) is 1. The summed E-state index contributed by atoms with van der Waals surface area (Å²) >= 11 is 0. The molecule has 5 nitrogen and oxygen atoms in total. The smallest absolute Gasteiger partial charge is 0.240 e. The molecular weight excluding hydrogens is 288 g/mol. The molecule has 1 aromatic carbocycles. The Bertz CT molecular complexity index is 513. The summed E-state index contributed by atoms with van der Waals surface area (Å²) in [5.41, 5.74) is 0.924. The fourth-order valence-corrected chi connectivity index (χ4v) is 3.07. The molecule has 0 aliphatic carbocycles. The van der Waals surface area contributed by atoms with E-state index in [0.717, 1.165) is 25.2 Å². The molecule has 1 aromatic rings. The van der Waals surface area contributed by atoms with E-state index in [-0.39, 0.29) is 6.54 Å². The monoisotopic (exact) mass is 314 g/mol. The minimum Gasteiger partial charge on any atom is -0.379 e. The Morgan fingerprint density at radius 2 is 1.90 bits per heavy atom. The molecule has 0 aromatic heterocycles. The number of nitrogens with one attached hydrogen (secondary N) is 1. The van der Waals surface area contributed by atoms with Gasteiger partial charge in [-0.15, -0.1) is 0 Å². The van der Waals surface area contributed by atoms with Gasteiger partial charge >= 0.3 is 0 Å². The van der Waals surface area contributed by atoms with Crippen LogP contribution in [0.15, 0.2) is 29.2 Å². The van der Waals surface area contributed by atoms with E-state index in [2.05, 4.69) is 23.5 Å². The molecule has 0 amide bonds. The summed E-state index contributed by atoms with van der Waals surface area (Å²) in [6.07, 6.45) is 0. The minimum absolute atomic E-state index is 0.286. The maximum atomic E-state index is 12.0. The molecular formula is C15H26N2O3S. The van der Waals surface area contributed by atoms with Crippen LogP contribution < -0.4 is 4.72 Å². The third-order valence-corrected chi connectivity index (χ3v) is 4.74. The largest absolute Gasteiger partial charge is 0.379 e. The van der Waals surface area contributed by atoms with Crippen LogP contribution in [0.4, 0.5) is 0 Å². The van der Waals surface area contributed by atoms with Gasteiger partial charge in [-0.1, -0.05) is 26.0 Å². The SMILES string of the molecule is CCN(CC)CCOCCNS(=O)(=O)c1cccc(C)c1. The third-order valence-electron chi connectivity index (χ3n) is 3.28. The highest BCUT2D eigenvalue weighted by atomic mass is 32.2. The third kappa shape index (κ3) is 6.56. The second-order valence-electron chi connectivity index (χ2n) is 4.85. The minimum atomic E-state index is -3.44. The van der Waals surface area contributed by atoms with Gasteiger partial charge in [-0.3, -0.25) is 0 Å². The zero-order valence-electron chi connectivity index (χ0n) is 13.1. The highest BCUT2D eigenvalue weighted by Crippen LogP contribution is 2.10. The van der Waals surface area contributed by atoms with Crippen LogP contribution in [-0.4, -0.2) is 52.7 Å². The predicted molar refractivity (Wildman–Crippen MR) is 85.0 cm³/mol. The van der Waals surface area contributed by atoms with Crippen molar-refractivity contribution in [2.45, 2.75) is 25.7 Å². The van der Waals surface area contributed by atoms with E-state index < -0.39 is 10.0 Å². The summed E-state index contributed by atoms with van der Waals surface area (Å²) in [5, 5.41) is 0. The van der Waals surface area contributed by atoms with Gasteiger partial charge in [0.15, 0.2) is 0 Å². The van der Waals surface area contributed by atoms with E-state index in [0.29, 0.717) is 18.1 Å². The lowest BCUT2D eigenvalue weighted by Gasteiger charge is -2.17. The first-order chi connectivity index (χ1) is 9.99. The highest BCUT2D eigenvalue weighted by Gasteiger charge is 2.12. The number of aryl methyl sites for hydroxylation is 1. The van der Waals surface area contributed by atoms with Crippen molar-refractivity contribution in [2.24, 2.45) is 0 Å². The van der Waals surface area contributed by atoms with Gasteiger partial charge in [0.2, 0.25) is 10.0 Å². The summed E-state index contributed by atoms with van der Waals surface area (Å²) < 4.78 is 32.1. The van der Waals surface area contributed by atoms with E-state index in [9.17, 15) is 8.42 Å². The Balaban J connectivity index is 2.29.